The summed E-state index contributed by atoms with van der Waals surface area (Å²) in [7, 11) is 0. The average Bonchev–Trinajstić information content (AvgIpc) is 2.86. The highest BCUT2D eigenvalue weighted by atomic mass is 32.2. The number of thiophene rings is 1. The van der Waals surface area contributed by atoms with E-state index >= 15 is 0 Å². The monoisotopic (exact) mass is 298 g/mol. The first-order valence-electron chi connectivity index (χ1n) is 5.48. The van der Waals surface area contributed by atoms with E-state index < -0.39 is 5.97 Å². The number of aromatic carboxylic acids is 1. The predicted octanol–water partition coefficient (Wildman–Crippen LogP) is 3.76. The van der Waals surface area contributed by atoms with Crippen molar-refractivity contribution in [1.82, 2.24) is 0 Å². The van der Waals surface area contributed by atoms with E-state index in [1.54, 1.807) is 18.2 Å². The van der Waals surface area contributed by atoms with Crippen molar-refractivity contribution in [3.63, 3.8) is 0 Å². The lowest BCUT2D eigenvalue weighted by atomic mass is 10.3. The third-order valence-electron chi connectivity index (χ3n) is 2.22. The Kier molecular flexibility index (Phi) is 4.81. The number of ether oxygens (including phenoxy) is 1. The van der Waals surface area contributed by atoms with E-state index in [0.29, 0.717) is 23.0 Å². The van der Waals surface area contributed by atoms with E-state index in [9.17, 15) is 9.18 Å². The van der Waals surface area contributed by atoms with Crippen LogP contribution in [-0.4, -0.2) is 23.4 Å². The summed E-state index contributed by atoms with van der Waals surface area (Å²) in [5.41, 5.74) is 0. The average molecular weight is 298 g/mol. The van der Waals surface area contributed by atoms with Crippen LogP contribution in [0.25, 0.3) is 0 Å². The second kappa shape index (κ2) is 6.58. The highest BCUT2D eigenvalue weighted by molar-refractivity contribution is 7.99. The minimum atomic E-state index is -0.903. The largest absolute Gasteiger partial charge is 0.493 e. The standard InChI is InChI=1S/C13H11FO3S2/c14-9-1-3-10(4-2-9)17-5-6-18-11-7-12(13(15)16)19-8-11/h1-4,7-8H,5-6H2,(H,15,16). The van der Waals surface area contributed by atoms with E-state index in [-0.39, 0.29) is 5.82 Å². The third kappa shape index (κ3) is 4.25. The van der Waals surface area contributed by atoms with Crippen molar-refractivity contribution in [3.05, 3.63) is 46.4 Å². The van der Waals surface area contributed by atoms with Crippen LogP contribution < -0.4 is 4.74 Å². The predicted molar refractivity (Wildman–Crippen MR) is 73.9 cm³/mol. The molecule has 3 nitrogen and oxygen atoms in total. The molecule has 2 aromatic rings. The lowest BCUT2D eigenvalue weighted by Crippen LogP contribution is -1.99. The van der Waals surface area contributed by atoms with Crippen molar-refractivity contribution in [1.29, 1.82) is 0 Å². The highest BCUT2D eigenvalue weighted by Gasteiger charge is 2.06. The van der Waals surface area contributed by atoms with Gasteiger partial charge in [0.05, 0.1) is 6.61 Å². The van der Waals surface area contributed by atoms with Crippen LogP contribution >= 0.6 is 23.1 Å². The molecule has 0 radical (unpaired) electrons. The zero-order valence-corrected chi connectivity index (χ0v) is 11.5. The molecular formula is C13H11FO3S2. The van der Waals surface area contributed by atoms with Crippen molar-refractivity contribution >= 4 is 29.1 Å². The molecule has 0 saturated carbocycles. The van der Waals surface area contributed by atoms with Crippen molar-refractivity contribution in [2.75, 3.05) is 12.4 Å². The molecule has 0 spiro atoms. The lowest BCUT2D eigenvalue weighted by Gasteiger charge is -2.04. The fourth-order valence-electron chi connectivity index (χ4n) is 1.36. The van der Waals surface area contributed by atoms with E-state index in [4.69, 9.17) is 9.84 Å². The normalized spacial score (nSPS) is 10.4. The van der Waals surface area contributed by atoms with Crippen LogP contribution in [0.3, 0.4) is 0 Å². The Morgan fingerprint density at radius 3 is 2.74 bits per heavy atom. The van der Waals surface area contributed by atoms with Gasteiger partial charge in [-0.2, -0.15) is 0 Å². The molecule has 1 aromatic carbocycles. The molecule has 0 aliphatic rings. The van der Waals surface area contributed by atoms with Crippen LogP contribution in [0.5, 0.6) is 5.75 Å². The first-order chi connectivity index (χ1) is 9.15. The van der Waals surface area contributed by atoms with Gasteiger partial charge in [0, 0.05) is 16.0 Å². The molecule has 1 aromatic heterocycles. The maximum atomic E-state index is 12.7. The lowest BCUT2D eigenvalue weighted by molar-refractivity contribution is 0.0702. The van der Waals surface area contributed by atoms with Crippen molar-refractivity contribution in [3.8, 4) is 5.75 Å². The third-order valence-corrected chi connectivity index (χ3v) is 4.23. The number of hydrogen-bond acceptors (Lipinski definition) is 4. The van der Waals surface area contributed by atoms with Crippen molar-refractivity contribution in [2.24, 2.45) is 0 Å². The number of hydrogen-bond donors (Lipinski definition) is 1. The first kappa shape index (κ1) is 13.9. The van der Waals surface area contributed by atoms with Crippen molar-refractivity contribution < 1.29 is 19.0 Å². The number of benzene rings is 1. The molecule has 0 amide bonds. The van der Waals surface area contributed by atoms with E-state index in [1.807, 2.05) is 5.38 Å². The number of halogens is 1. The summed E-state index contributed by atoms with van der Waals surface area (Å²) in [5.74, 6) is 0.131. The van der Waals surface area contributed by atoms with Gasteiger partial charge in [-0.3, -0.25) is 0 Å². The van der Waals surface area contributed by atoms with Gasteiger partial charge in [-0.15, -0.1) is 23.1 Å². The Hall–Kier alpha value is -1.53. The number of carbonyl (C=O) groups is 1. The fourth-order valence-corrected chi connectivity index (χ4v) is 3.06. The van der Waals surface area contributed by atoms with Crippen LogP contribution in [-0.2, 0) is 0 Å². The molecule has 2 rings (SSSR count). The van der Waals surface area contributed by atoms with Crippen LogP contribution in [0.15, 0.2) is 40.6 Å². The number of carboxylic acid groups (broad SMARTS) is 1. The van der Waals surface area contributed by atoms with Gasteiger partial charge in [0.15, 0.2) is 0 Å². The van der Waals surface area contributed by atoms with Crippen LogP contribution in [0.1, 0.15) is 9.67 Å². The van der Waals surface area contributed by atoms with E-state index in [0.717, 1.165) is 4.90 Å². The summed E-state index contributed by atoms with van der Waals surface area (Å²) < 4.78 is 18.1. The van der Waals surface area contributed by atoms with Crippen LogP contribution in [0.4, 0.5) is 4.39 Å². The van der Waals surface area contributed by atoms with E-state index in [1.165, 1.54) is 35.2 Å². The Morgan fingerprint density at radius 1 is 1.37 bits per heavy atom. The highest BCUT2D eigenvalue weighted by Crippen LogP contribution is 2.24. The molecule has 6 heteroatoms. The Labute approximate surface area is 118 Å². The Morgan fingerprint density at radius 2 is 2.11 bits per heavy atom. The van der Waals surface area contributed by atoms with Gasteiger partial charge >= 0.3 is 5.97 Å². The van der Waals surface area contributed by atoms with E-state index in [2.05, 4.69) is 0 Å². The van der Waals surface area contributed by atoms with Gasteiger partial charge in [-0.25, -0.2) is 9.18 Å². The molecule has 1 heterocycles. The number of carboxylic acids is 1. The smallest absolute Gasteiger partial charge is 0.345 e. The van der Waals surface area contributed by atoms with Gasteiger partial charge in [0.2, 0.25) is 0 Å². The molecule has 0 unspecified atom stereocenters. The maximum Gasteiger partial charge on any atom is 0.345 e. The SMILES string of the molecule is O=C(O)c1cc(SCCOc2ccc(F)cc2)cs1. The molecule has 100 valence electrons. The summed E-state index contributed by atoms with van der Waals surface area (Å²) in [6.45, 7) is 0.481. The Balaban J connectivity index is 1.74. The molecule has 1 N–H and O–H groups in total. The minimum absolute atomic E-state index is 0.291. The first-order valence-corrected chi connectivity index (χ1v) is 7.34. The number of thioether (sulfide) groups is 1. The van der Waals surface area contributed by atoms with Gasteiger partial charge in [0.1, 0.15) is 16.4 Å². The summed E-state index contributed by atoms with van der Waals surface area (Å²) in [6, 6.07) is 7.50. The Bertz CT molecular complexity index is 551. The summed E-state index contributed by atoms with van der Waals surface area (Å²) in [6.07, 6.45) is 0. The summed E-state index contributed by atoms with van der Waals surface area (Å²) in [5, 5.41) is 10.6. The molecule has 0 aliphatic heterocycles. The van der Waals surface area contributed by atoms with Gasteiger partial charge in [-0.1, -0.05) is 0 Å². The molecule has 0 saturated heterocycles. The van der Waals surface area contributed by atoms with Gasteiger partial charge in [0.25, 0.3) is 0 Å². The summed E-state index contributed by atoms with van der Waals surface area (Å²) >= 11 is 2.74. The topological polar surface area (TPSA) is 46.5 Å². The van der Waals surface area contributed by atoms with Crippen LogP contribution in [0, 0.1) is 5.82 Å². The molecule has 0 bridgehead atoms. The van der Waals surface area contributed by atoms with Gasteiger partial charge < -0.3 is 9.84 Å². The molecule has 0 atom stereocenters. The second-order valence-corrected chi connectivity index (χ2v) is 5.68. The van der Waals surface area contributed by atoms with Gasteiger partial charge in [-0.05, 0) is 30.3 Å². The number of rotatable bonds is 6. The zero-order valence-electron chi connectivity index (χ0n) is 9.84. The molecule has 0 aliphatic carbocycles. The molecule has 19 heavy (non-hydrogen) atoms. The molecular weight excluding hydrogens is 287 g/mol. The van der Waals surface area contributed by atoms with Crippen molar-refractivity contribution in [2.45, 2.75) is 4.90 Å². The zero-order chi connectivity index (χ0) is 13.7. The molecule has 0 fully saturated rings. The maximum absolute atomic E-state index is 12.7. The minimum Gasteiger partial charge on any atom is -0.493 e. The van der Waals surface area contributed by atoms with Crippen LogP contribution in [0.2, 0.25) is 0 Å². The quantitative estimate of drug-likeness (QED) is 0.651. The summed E-state index contributed by atoms with van der Waals surface area (Å²) in [4.78, 5) is 12.0. The second-order valence-electron chi connectivity index (χ2n) is 3.60. The fraction of sp³-hybridized carbons (Fsp3) is 0.154.